The van der Waals surface area contributed by atoms with Gasteiger partial charge in [-0.25, -0.2) is 4.39 Å². The molecule has 0 atom stereocenters. The number of amides is 2. The lowest BCUT2D eigenvalue weighted by molar-refractivity contribution is -0.120. The Morgan fingerprint density at radius 3 is 2.48 bits per heavy atom. The second-order valence-corrected chi connectivity index (χ2v) is 5.44. The summed E-state index contributed by atoms with van der Waals surface area (Å²) >= 11 is 0. The van der Waals surface area contributed by atoms with Gasteiger partial charge in [0.05, 0.1) is 12.1 Å². The lowest BCUT2D eigenvalue weighted by Crippen LogP contribution is -2.37. The monoisotopic (exact) mass is 344 g/mol. The van der Waals surface area contributed by atoms with Crippen LogP contribution < -0.4 is 15.4 Å². The molecule has 6 heteroatoms. The summed E-state index contributed by atoms with van der Waals surface area (Å²) in [5.74, 6) is -0.538. The van der Waals surface area contributed by atoms with Gasteiger partial charge >= 0.3 is 0 Å². The van der Waals surface area contributed by atoms with Crippen LogP contribution in [0.15, 0.2) is 48.5 Å². The van der Waals surface area contributed by atoms with E-state index in [1.807, 2.05) is 6.92 Å². The first-order chi connectivity index (χ1) is 12.1. The first-order valence-electron chi connectivity index (χ1n) is 8.11. The van der Waals surface area contributed by atoms with Crippen LogP contribution in [0.25, 0.3) is 0 Å². The Hall–Kier alpha value is -2.89. The third-order valence-corrected chi connectivity index (χ3v) is 3.42. The molecule has 0 fully saturated rings. The summed E-state index contributed by atoms with van der Waals surface area (Å²) in [6, 6.07) is 12.7. The van der Waals surface area contributed by atoms with Gasteiger partial charge in [0, 0.05) is 6.54 Å². The molecule has 2 aromatic rings. The Labute approximate surface area is 146 Å². The van der Waals surface area contributed by atoms with Crippen molar-refractivity contribution in [2.45, 2.75) is 20.0 Å². The molecule has 0 aliphatic heterocycles. The van der Waals surface area contributed by atoms with Crippen molar-refractivity contribution in [2.75, 3.05) is 13.1 Å². The van der Waals surface area contributed by atoms with E-state index in [-0.39, 0.29) is 30.8 Å². The van der Waals surface area contributed by atoms with E-state index in [0.717, 1.165) is 12.0 Å². The van der Waals surface area contributed by atoms with E-state index in [9.17, 15) is 14.0 Å². The maximum absolute atomic E-state index is 12.9. The number of halogens is 1. The number of ether oxygens (including phenoxy) is 1. The number of carbonyl (C=O) groups is 2. The summed E-state index contributed by atoms with van der Waals surface area (Å²) in [6.45, 7) is 2.65. The smallest absolute Gasteiger partial charge is 0.255 e. The minimum atomic E-state index is -0.388. The van der Waals surface area contributed by atoms with Crippen LogP contribution in [0.3, 0.4) is 0 Å². The minimum Gasteiger partial charge on any atom is -0.488 e. The molecular formula is C19H21FN2O3. The summed E-state index contributed by atoms with van der Waals surface area (Å²) in [6.07, 6.45) is 0.833. The number of benzene rings is 2. The van der Waals surface area contributed by atoms with Gasteiger partial charge in [-0.05, 0) is 36.2 Å². The largest absolute Gasteiger partial charge is 0.488 e. The summed E-state index contributed by atoms with van der Waals surface area (Å²) in [5.41, 5.74) is 1.13. The highest BCUT2D eigenvalue weighted by molar-refractivity contribution is 5.98. The zero-order valence-corrected chi connectivity index (χ0v) is 14.0. The molecule has 2 N–H and O–H groups in total. The molecule has 0 heterocycles. The molecule has 0 bridgehead atoms. The van der Waals surface area contributed by atoms with Crippen molar-refractivity contribution in [3.8, 4) is 5.75 Å². The molecule has 0 unspecified atom stereocenters. The van der Waals surface area contributed by atoms with Gasteiger partial charge in [0.25, 0.3) is 5.91 Å². The van der Waals surface area contributed by atoms with Crippen molar-refractivity contribution in [3.05, 3.63) is 65.5 Å². The SMILES string of the molecule is CCCNC(=O)CNC(=O)c1ccccc1OCc1ccc(F)cc1. The predicted octanol–water partition coefficient (Wildman–Crippen LogP) is 2.66. The molecule has 5 nitrogen and oxygen atoms in total. The van der Waals surface area contributed by atoms with Crippen LogP contribution in [0, 0.1) is 5.82 Å². The normalized spacial score (nSPS) is 10.2. The Morgan fingerprint density at radius 2 is 1.76 bits per heavy atom. The Balaban J connectivity index is 1.95. The van der Waals surface area contributed by atoms with Gasteiger partial charge in [0.15, 0.2) is 0 Å². The maximum atomic E-state index is 12.9. The zero-order valence-electron chi connectivity index (χ0n) is 14.0. The van der Waals surface area contributed by atoms with E-state index in [1.165, 1.54) is 12.1 Å². The molecule has 0 saturated carbocycles. The first kappa shape index (κ1) is 18.4. The van der Waals surface area contributed by atoms with Crippen LogP contribution in [0.1, 0.15) is 29.3 Å². The lowest BCUT2D eigenvalue weighted by atomic mass is 10.2. The number of hydrogen-bond acceptors (Lipinski definition) is 3. The topological polar surface area (TPSA) is 67.4 Å². The highest BCUT2D eigenvalue weighted by atomic mass is 19.1. The maximum Gasteiger partial charge on any atom is 0.255 e. The standard InChI is InChI=1S/C19H21FN2O3/c1-2-11-21-18(23)12-22-19(24)16-5-3-4-6-17(16)25-13-14-7-9-15(20)10-8-14/h3-10H,2,11-13H2,1H3,(H,21,23)(H,22,24). The van der Waals surface area contributed by atoms with E-state index >= 15 is 0 Å². The van der Waals surface area contributed by atoms with Crippen LogP contribution in [-0.2, 0) is 11.4 Å². The number of rotatable bonds is 8. The minimum absolute atomic E-state index is 0.0921. The van der Waals surface area contributed by atoms with Gasteiger partial charge < -0.3 is 15.4 Å². The number of nitrogens with one attached hydrogen (secondary N) is 2. The Bertz CT molecular complexity index is 717. The van der Waals surface area contributed by atoms with Gasteiger partial charge in [-0.15, -0.1) is 0 Å². The first-order valence-corrected chi connectivity index (χ1v) is 8.11. The fraction of sp³-hybridized carbons (Fsp3) is 0.263. The highest BCUT2D eigenvalue weighted by Gasteiger charge is 2.13. The zero-order chi connectivity index (χ0) is 18.1. The molecular weight excluding hydrogens is 323 g/mol. The van der Waals surface area contributed by atoms with Crippen LogP contribution in [0.4, 0.5) is 4.39 Å². The number of carbonyl (C=O) groups excluding carboxylic acids is 2. The molecule has 2 rings (SSSR count). The predicted molar refractivity (Wildman–Crippen MR) is 92.8 cm³/mol. The molecule has 2 aromatic carbocycles. The molecule has 132 valence electrons. The van der Waals surface area contributed by atoms with Crippen LogP contribution >= 0.6 is 0 Å². The lowest BCUT2D eigenvalue weighted by Gasteiger charge is -2.12. The molecule has 0 aliphatic carbocycles. The Kier molecular flexibility index (Phi) is 6.95. The average molecular weight is 344 g/mol. The summed E-state index contributed by atoms with van der Waals surface area (Å²) < 4.78 is 18.6. The molecule has 0 radical (unpaired) electrons. The van der Waals surface area contributed by atoms with E-state index in [1.54, 1.807) is 36.4 Å². The Morgan fingerprint density at radius 1 is 1.04 bits per heavy atom. The van der Waals surface area contributed by atoms with Crippen molar-refractivity contribution in [2.24, 2.45) is 0 Å². The van der Waals surface area contributed by atoms with Crippen LogP contribution in [0.2, 0.25) is 0 Å². The third-order valence-electron chi connectivity index (χ3n) is 3.42. The van der Waals surface area contributed by atoms with Gasteiger partial charge in [-0.1, -0.05) is 31.2 Å². The van der Waals surface area contributed by atoms with E-state index in [0.29, 0.717) is 17.9 Å². The molecule has 0 aromatic heterocycles. The third kappa shape index (κ3) is 5.91. The molecule has 25 heavy (non-hydrogen) atoms. The molecule has 0 spiro atoms. The molecule has 0 saturated heterocycles. The van der Waals surface area contributed by atoms with Gasteiger partial charge in [-0.2, -0.15) is 0 Å². The van der Waals surface area contributed by atoms with Gasteiger partial charge in [0.1, 0.15) is 18.2 Å². The van der Waals surface area contributed by atoms with Gasteiger partial charge in [0.2, 0.25) is 5.91 Å². The fourth-order valence-corrected chi connectivity index (χ4v) is 2.10. The summed E-state index contributed by atoms with van der Waals surface area (Å²) in [5, 5.41) is 5.26. The van der Waals surface area contributed by atoms with Crippen molar-refractivity contribution >= 4 is 11.8 Å². The summed E-state index contributed by atoms with van der Waals surface area (Å²) in [4.78, 5) is 23.9. The molecule has 0 aliphatic rings. The fourth-order valence-electron chi connectivity index (χ4n) is 2.10. The van der Waals surface area contributed by atoms with Crippen molar-refractivity contribution in [1.29, 1.82) is 0 Å². The number of para-hydroxylation sites is 1. The molecule has 2 amide bonds. The average Bonchev–Trinajstić information content (AvgIpc) is 2.64. The van der Waals surface area contributed by atoms with Crippen molar-refractivity contribution in [1.82, 2.24) is 10.6 Å². The van der Waals surface area contributed by atoms with Crippen LogP contribution in [0.5, 0.6) is 5.75 Å². The summed E-state index contributed by atoms with van der Waals surface area (Å²) in [7, 11) is 0. The van der Waals surface area contributed by atoms with E-state index in [2.05, 4.69) is 10.6 Å². The van der Waals surface area contributed by atoms with Crippen LogP contribution in [-0.4, -0.2) is 24.9 Å². The van der Waals surface area contributed by atoms with Crippen molar-refractivity contribution < 1.29 is 18.7 Å². The second kappa shape index (κ2) is 9.42. The highest BCUT2D eigenvalue weighted by Crippen LogP contribution is 2.19. The van der Waals surface area contributed by atoms with E-state index < -0.39 is 0 Å². The second-order valence-electron chi connectivity index (χ2n) is 5.44. The van der Waals surface area contributed by atoms with E-state index in [4.69, 9.17) is 4.74 Å². The van der Waals surface area contributed by atoms with Gasteiger partial charge in [-0.3, -0.25) is 9.59 Å². The number of hydrogen-bond donors (Lipinski definition) is 2. The van der Waals surface area contributed by atoms with Crippen molar-refractivity contribution in [3.63, 3.8) is 0 Å². The quantitative estimate of drug-likeness (QED) is 0.774.